The molecule has 1 aromatic rings. The van der Waals surface area contributed by atoms with Crippen LogP contribution in [0.5, 0.6) is 0 Å². The minimum Gasteiger partial charge on any atom is -0.481 e. The van der Waals surface area contributed by atoms with Gasteiger partial charge in [-0.1, -0.05) is 23.9 Å². The number of aliphatic hydroxyl groups excluding tert-OH is 1. The molecule has 1 fully saturated rings. The number of carbonyl (C=O) groups excluding carboxylic acids is 1. The lowest BCUT2D eigenvalue weighted by atomic mass is 10.1. The maximum absolute atomic E-state index is 13.2. The maximum Gasteiger partial charge on any atom is 0.303 e. The van der Waals surface area contributed by atoms with Crippen molar-refractivity contribution in [1.29, 1.82) is 0 Å². The number of amides is 1. The topological polar surface area (TPSA) is 77.8 Å². The molecule has 0 aliphatic carbocycles. The Hall–Kier alpha value is -1.58. The average Bonchev–Trinajstić information content (AvgIpc) is 2.95. The number of aliphatic carboxylic acids is 1. The molecule has 1 aromatic carbocycles. The van der Waals surface area contributed by atoms with Gasteiger partial charge in [0, 0.05) is 37.0 Å². The van der Waals surface area contributed by atoms with E-state index in [0.717, 1.165) is 11.8 Å². The van der Waals surface area contributed by atoms with Gasteiger partial charge in [-0.3, -0.25) is 9.59 Å². The number of carbonyl (C=O) groups is 2. The number of aliphatic hydroxyl groups is 1. The standard InChI is InChI=1S/C19H23F2NO4S2/c20-14-8-13(9-15(21)11-14)10-17(23)4-3-16-12-28-19(26)22(16)5-7-27-6-1-2-18(24)25/h3-4,8-9,11,16-17,23H,1-2,5-7,10,12H2,(H,24,25)/b4-3+/t16-,17+/m0/s1. The van der Waals surface area contributed by atoms with Gasteiger partial charge >= 0.3 is 5.97 Å². The van der Waals surface area contributed by atoms with Crippen LogP contribution in [0.4, 0.5) is 13.6 Å². The number of carboxylic acids is 1. The van der Waals surface area contributed by atoms with Crippen molar-refractivity contribution in [2.75, 3.05) is 23.8 Å². The lowest BCUT2D eigenvalue weighted by molar-refractivity contribution is -0.137. The molecular formula is C19H23F2NO4S2. The van der Waals surface area contributed by atoms with Crippen LogP contribution >= 0.6 is 23.5 Å². The van der Waals surface area contributed by atoms with Gasteiger partial charge in [-0.15, -0.1) is 0 Å². The van der Waals surface area contributed by atoms with Crippen LogP contribution in [0.2, 0.25) is 0 Å². The minimum absolute atomic E-state index is 0.0255. The summed E-state index contributed by atoms with van der Waals surface area (Å²) in [6.07, 6.45) is 3.22. The van der Waals surface area contributed by atoms with Crippen LogP contribution in [0, 0.1) is 11.6 Å². The van der Waals surface area contributed by atoms with Crippen molar-refractivity contribution < 1.29 is 28.6 Å². The molecule has 0 spiro atoms. The Bertz CT molecular complexity index is 697. The summed E-state index contributed by atoms with van der Waals surface area (Å²) in [5.41, 5.74) is 0.362. The molecule has 1 aliphatic rings. The second kappa shape index (κ2) is 11.4. The van der Waals surface area contributed by atoms with Crippen LogP contribution < -0.4 is 0 Å². The molecule has 2 N–H and O–H groups in total. The predicted octanol–water partition coefficient (Wildman–Crippen LogP) is 3.56. The summed E-state index contributed by atoms with van der Waals surface area (Å²) in [4.78, 5) is 24.2. The zero-order valence-electron chi connectivity index (χ0n) is 15.2. The molecule has 5 nitrogen and oxygen atoms in total. The van der Waals surface area contributed by atoms with Gasteiger partial charge in [-0.2, -0.15) is 11.8 Å². The van der Waals surface area contributed by atoms with Crippen molar-refractivity contribution in [3.8, 4) is 0 Å². The summed E-state index contributed by atoms with van der Waals surface area (Å²) in [7, 11) is 0. The lowest BCUT2D eigenvalue weighted by Crippen LogP contribution is -2.34. The molecule has 1 aliphatic heterocycles. The third-order valence-corrected chi connectivity index (χ3v) is 6.13. The molecule has 0 aromatic heterocycles. The number of nitrogens with zero attached hydrogens (tertiary/aromatic N) is 1. The van der Waals surface area contributed by atoms with Crippen molar-refractivity contribution in [1.82, 2.24) is 4.90 Å². The summed E-state index contributed by atoms with van der Waals surface area (Å²) >= 11 is 2.82. The fraction of sp³-hybridized carbons (Fsp3) is 0.474. The summed E-state index contributed by atoms with van der Waals surface area (Å²) in [5.74, 6) is -0.157. The third kappa shape index (κ3) is 7.81. The van der Waals surface area contributed by atoms with Crippen LogP contribution in [0.25, 0.3) is 0 Å². The molecular weight excluding hydrogens is 408 g/mol. The molecule has 0 bridgehead atoms. The van der Waals surface area contributed by atoms with Gasteiger partial charge in [0.05, 0.1) is 12.1 Å². The molecule has 9 heteroatoms. The largest absolute Gasteiger partial charge is 0.481 e. The van der Waals surface area contributed by atoms with Crippen LogP contribution in [-0.4, -0.2) is 62.3 Å². The minimum atomic E-state index is -0.908. The zero-order valence-corrected chi connectivity index (χ0v) is 16.9. The van der Waals surface area contributed by atoms with E-state index >= 15 is 0 Å². The van der Waals surface area contributed by atoms with Crippen LogP contribution in [-0.2, 0) is 11.2 Å². The Morgan fingerprint density at radius 1 is 1.32 bits per heavy atom. The van der Waals surface area contributed by atoms with Crippen LogP contribution in [0.3, 0.4) is 0 Å². The van der Waals surface area contributed by atoms with E-state index in [0.29, 0.717) is 30.0 Å². The molecule has 2 atom stereocenters. The van der Waals surface area contributed by atoms with E-state index in [2.05, 4.69) is 0 Å². The van der Waals surface area contributed by atoms with Crippen LogP contribution in [0.1, 0.15) is 18.4 Å². The first-order valence-corrected chi connectivity index (χ1v) is 11.0. The molecule has 1 saturated heterocycles. The number of rotatable bonds is 11. The van der Waals surface area contributed by atoms with E-state index in [1.807, 2.05) is 0 Å². The van der Waals surface area contributed by atoms with E-state index in [1.54, 1.807) is 28.8 Å². The summed E-state index contributed by atoms with van der Waals surface area (Å²) < 4.78 is 26.4. The summed E-state index contributed by atoms with van der Waals surface area (Å²) in [6.45, 7) is 0.545. The normalized spacial score (nSPS) is 18.2. The van der Waals surface area contributed by atoms with E-state index in [-0.39, 0.29) is 24.1 Å². The van der Waals surface area contributed by atoms with Gasteiger partial charge in [0.25, 0.3) is 5.24 Å². The SMILES string of the molecule is O=C(O)CCCSCCN1C(=O)SC[C@@H]1/C=C/[C@@H](O)Cc1cc(F)cc(F)c1. The average molecular weight is 432 g/mol. The highest BCUT2D eigenvalue weighted by Gasteiger charge is 2.29. The Morgan fingerprint density at radius 2 is 2.04 bits per heavy atom. The van der Waals surface area contributed by atoms with E-state index in [1.165, 1.54) is 23.9 Å². The highest BCUT2D eigenvalue weighted by molar-refractivity contribution is 8.13. The van der Waals surface area contributed by atoms with E-state index in [9.17, 15) is 23.5 Å². The van der Waals surface area contributed by atoms with Gasteiger partial charge in [0.2, 0.25) is 0 Å². The molecule has 1 amide bonds. The first-order chi connectivity index (χ1) is 13.3. The quantitative estimate of drug-likeness (QED) is 0.412. The predicted molar refractivity (Wildman–Crippen MR) is 108 cm³/mol. The molecule has 0 saturated carbocycles. The molecule has 28 heavy (non-hydrogen) atoms. The molecule has 0 unspecified atom stereocenters. The Balaban J connectivity index is 1.80. The first-order valence-electron chi connectivity index (χ1n) is 8.89. The number of hydrogen-bond donors (Lipinski definition) is 2. The van der Waals surface area contributed by atoms with Crippen molar-refractivity contribution >= 4 is 34.7 Å². The second-order valence-corrected chi connectivity index (χ2v) is 8.58. The van der Waals surface area contributed by atoms with E-state index < -0.39 is 23.7 Å². The molecule has 154 valence electrons. The zero-order chi connectivity index (χ0) is 20.5. The van der Waals surface area contributed by atoms with Gasteiger partial charge in [-0.05, 0) is 29.9 Å². The van der Waals surface area contributed by atoms with Crippen molar-refractivity contribution in [2.45, 2.75) is 31.4 Å². The van der Waals surface area contributed by atoms with Gasteiger partial charge < -0.3 is 15.1 Å². The fourth-order valence-electron chi connectivity index (χ4n) is 2.77. The smallest absolute Gasteiger partial charge is 0.303 e. The highest BCUT2D eigenvalue weighted by Crippen LogP contribution is 2.25. The number of hydrogen-bond acceptors (Lipinski definition) is 5. The van der Waals surface area contributed by atoms with Crippen LogP contribution in [0.15, 0.2) is 30.4 Å². The molecule has 1 heterocycles. The highest BCUT2D eigenvalue weighted by atomic mass is 32.2. The monoisotopic (exact) mass is 431 g/mol. The lowest BCUT2D eigenvalue weighted by Gasteiger charge is -2.21. The van der Waals surface area contributed by atoms with Crippen molar-refractivity contribution in [3.05, 3.63) is 47.5 Å². The molecule has 2 rings (SSSR count). The fourth-order valence-corrected chi connectivity index (χ4v) is 4.64. The van der Waals surface area contributed by atoms with Gasteiger partial charge in [-0.25, -0.2) is 8.78 Å². The van der Waals surface area contributed by atoms with Crippen molar-refractivity contribution in [3.63, 3.8) is 0 Å². The van der Waals surface area contributed by atoms with Gasteiger partial charge in [0.15, 0.2) is 0 Å². The third-order valence-electron chi connectivity index (χ3n) is 4.09. The number of thioether (sulfide) groups is 2. The Morgan fingerprint density at radius 3 is 2.71 bits per heavy atom. The molecule has 0 radical (unpaired) electrons. The first kappa shape index (κ1) is 22.7. The van der Waals surface area contributed by atoms with Gasteiger partial charge in [0.1, 0.15) is 11.6 Å². The van der Waals surface area contributed by atoms with E-state index in [4.69, 9.17) is 5.11 Å². The second-order valence-electron chi connectivity index (χ2n) is 6.38. The number of halogens is 2. The Kier molecular flexibility index (Phi) is 9.27. The van der Waals surface area contributed by atoms with Crippen molar-refractivity contribution in [2.24, 2.45) is 0 Å². The summed E-state index contributed by atoms with van der Waals surface area (Å²) in [6, 6.07) is 3.01. The number of benzene rings is 1. The maximum atomic E-state index is 13.2. The Labute approximate surface area is 171 Å². The summed E-state index contributed by atoms with van der Waals surface area (Å²) in [5, 5.41) is 18.7. The number of carboxylic acid groups (broad SMARTS) is 1.